The first-order chi connectivity index (χ1) is 17.1. The number of rotatable bonds is 10. The quantitative estimate of drug-likeness (QED) is 0.147. The summed E-state index contributed by atoms with van der Waals surface area (Å²) in [7, 11) is 0. The second-order valence-corrected chi connectivity index (χ2v) is 8.96. The van der Waals surface area contributed by atoms with Gasteiger partial charge in [0.1, 0.15) is 11.7 Å². The Morgan fingerprint density at radius 2 is 1.80 bits per heavy atom. The largest absolute Gasteiger partial charge is 0.450 e. The number of aromatic nitrogens is 2. The van der Waals surface area contributed by atoms with E-state index >= 15 is 0 Å². The summed E-state index contributed by atoms with van der Waals surface area (Å²) in [6.45, 7) is 2.97. The number of carbonyl (C=O) groups excluding carboxylic acids is 1. The third kappa shape index (κ3) is 6.80. The molecule has 2 heterocycles. The van der Waals surface area contributed by atoms with E-state index in [1.54, 1.807) is 11.3 Å². The molecule has 0 bridgehead atoms. The average Bonchev–Trinajstić information content (AvgIpc) is 3.58. The Morgan fingerprint density at radius 1 is 1.09 bits per heavy atom. The molecule has 7 nitrogen and oxygen atoms in total. The number of aromatic amines is 1. The van der Waals surface area contributed by atoms with Crippen molar-refractivity contribution in [1.29, 1.82) is 0 Å². The molecule has 2 aromatic carbocycles. The Balaban J connectivity index is 1.32. The highest BCUT2D eigenvalue weighted by Crippen LogP contribution is 2.26. The fourth-order valence-electron chi connectivity index (χ4n) is 3.47. The van der Waals surface area contributed by atoms with Crippen LogP contribution in [0.3, 0.4) is 0 Å². The number of nitrogens with two attached hydrogens (primary N) is 1. The van der Waals surface area contributed by atoms with Crippen LogP contribution in [0.15, 0.2) is 77.2 Å². The van der Waals surface area contributed by atoms with E-state index in [-0.39, 0.29) is 6.09 Å². The summed E-state index contributed by atoms with van der Waals surface area (Å²) in [6, 6.07) is 20.3. The van der Waals surface area contributed by atoms with Gasteiger partial charge in [-0.15, -0.1) is 11.3 Å². The number of hydrogen-bond acceptors (Lipinski definition) is 5. The zero-order valence-corrected chi connectivity index (χ0v) is 20.5. The molecule has 0 aliphatic heterocycles. The van der Waals surface area contributed by atoms with Crippen molar-refractivity contribution >= 4 is 29.0 Å². The van der Waals surface area contributed by atoms with Gasteiger partial charge in [-0.05, 0) is 46.7 Å². The number of amides is 1. The fraction of sp³-hybridized carbons (Fsp3) is 0.222. The van der Waals surface area contributed by atoms with Gasteiger partial charge in [0.25, 0.3) is 0 Å². The lowest BCUT2D eigenvalue weighted by molar-refractivity contribution is 0.144. The fourth-order valence-corrected chi connectivity index (χ4v) is 4.10. The lowest BCUT2D eigenvalue weighted by atomic mass is 10.0. The zero-order chi connectivity index (χ0) is 24.5. The van der Waals surface area contributed by atoms with Crippen molar-refractivity contribution in [2.24, 2.45) is 10.7 Å². The molecule has 4 N–H and O–H groups in total. The van der Waals surface area contributed by atoms with Gasteiger partial charge in [-0.3, -0.25) is 0 Å². The van der Waals surface area contributed by atoms with E-state index in [0.29, 0.717) is 25.4 Å². The first-order valence-corrected chi connectivity index (χ1v) is 12.5. The van der Waals surface area contributed by atoms with E-state index in [9.17, 15) is 4.79 Å². The average molecular weight is 488 g/mol. The minimum Gasteiger partial charge on any atom is -0.450 e. The maximum absolute atomic E-state index is 11.6. The van der Waals surface area contributed by atoms with E-state index in [1.807, 2.05) is 48.0 Å². The number of hydrogen-bond donors (Lipinski definition) is 3. The highest BCUT2D eigenvalue weighted by molar-refractivity contribution is 7.12. The summed E-state index contributed by atoms with van der Waals surface area (Å²) in [5.41, 5.74) is 11.1. The van der Waals surface area contributed by atoms with Gasteiger partial charge in [-0.2, -0.15) is 0 Å². The maximum Gasteiger partial charge on any atom is 0.407 e. The second-order valence-electron chi connectivity index (χ2n) is 8.01. The molecule has 0 aliphatic rings. The second kappa shape index (κ2) is 12.0. The van der Waals surface area contributed by atoms with E-state index in [0.717, 1.165) is 51.6 Å². The number of alkyl carbamates (subject to hydrolysis) is 1. The predicted octanol–water partition coefficient (Wildman–Crippen LogP) is 5.91. The van der Waals surface area contributed by atoms with Crippen LogP contribution in [0.4, 0.5) is 10.5 Å². The Hall–Kier alpha value is -3.91. The van der Waals surface area contributed by atoms with Gasteiger partial charge in [-0.1, -0.05) is 55.8 Å². The van der Waals surface area contributed by atoms with E-state index in [2.05, 4.69) is 51.5 Å². The van der Waals surface area contributed by atoms with Crippen molar-refractivity contribution in [2.75, 3.05) is 13.2 Å². The molecule has 0 unspecified atom stereocenters. The normalized spacial score (nSPS) is 11.4. The molecule has 0 fully saturated rings. The van der Waals surface area contributed by atoms with Crippen LogP contribution in [0.1, 0.15) is 30.5 Å². The van der Waals surface area contributed by atoms with Gasteiger partial charge < -0.3 is 20.8 Å². The molecule has 0 spiro atoms. The smallest absolute Gasteiger partial charge is 0.407 e. The molecule has 180 valence electrons. The van der Waals surface area contributed by atoms with E-state index < -0.39 is 0 Å². The Morgan fingerprint density at radius 3 is 2.49 bits per heavy atom. The lowest BCUT2D eigenvalue weighted by Gasteiger charge is -2.05. The molecule has 0 saturated heterocycles. The van der Waals surface area contributed by atoms with Crippen LogP contribution in [-0.4, -0.2) is 35.0 Å². The molecule has 4 rings (SSSR count). The highest BCUT2D eigenvalue weighted by atomic mass is 32.1. The number of nitrogens with one attached hydrogen (secondary N) is 2. The number of aliphatic imine (C=N–C) groups is 1. The van der Waals surface area contributed by atoms with Gasteiger partial charge in [-0.25, -0.2) is 14.8 Å². The number of unbranched alkanes of at least 4 members (excludes halogenated alkanes) is 1. The summed E-state index contributed by atoms with van der Waals surface area (Å²) in [5, 5.41) is 4.74. The first-order valence-electron chi connectivity index (χ1n) is 11.7. The van der Waals surface area contributed by atoms with Gasteiger partial charge in [0.15, 0.2) is 0 Å². The van der Waals surface area contributed by atoms with Crippen LogP contribution in [-0.2, 0) is 11.2 Å². The van der Waals surface area contributed by atoms with Crippen molar-refractivity contribution < 1.29 is 9.53 Å². The molecule has 0 saturated carbocycles. The number of H-pyrrole nitrogens is 1. The maximum atomic E-state index is 11.6. The predicted molar refractivity (Wildman–Crippen MR) is 142 cm³/mol. The topological polar surface area (TPSA) is 105 Å². The van der Waals surface area contributed by atoms with Crippen LogP contribution >= 0.6 is 11.3 Å². The molecule has 8 heteroatoms. The standard InChI is InChI=1S/C27H29N5O2S/c1-2-3-16-34-27(33)29-15-14-25-30-18-23(32-25)21-8-6-19(7-9-21)20-10-12-22(13-11-20)31-26(28)24-5-4-17-35-24/h4-13,17-18H,2-3,14-16H2,1H3,(H2,28,31)(H,29,33)(H,30,32). The third-order valence-corrected chi connectivity index (χ3v) is 6.30. The monoisotopic (exact) mass is 487 g/mol. The Kier molecular flexibility index (Phi) is 8.30. The number of amidine groups is 1. The molecule has 2 aromatic heterocycles. The van der Waals surface area contributed by atoms with Gasteiger partial charge >= 0.3 is 6.09 Å². The van der Waals surface area contributed by atoms with Crippen LogP contribution in [0.5, 0.6) is 0 Å². The molecular formula is C27H29N5O2S. The number of imidazole rings is 1. The minimum atomic E-state index is -0.383. The Labute approximate surface area is 209 Å². The molecule has 0 aliphatic carbocycles. The third-order valence-electron chi connectivity index (χ3n) is 5.41. The van der Waals surface area contributed by atoms with Crippen molar-refractivity contribution in [1.82, 2.24) is 15.3 Å². The first kappa shape index (κ1) is 24.2. The van der Waals surface area contributed by atoms with Crippen LogP contribution in [0.25, 0.3) is 22.4 Å². The summed E-state index contributed by atoms with van der Waals surface area (Å²) in [5.74, 6) is 1.34. The van der Waals surface area contributed by atoms with E-state index in [4.69, 9.17) is 10.5 Å². The SMILES string of the molecule is CCCCOC(=O)NCCc1ncc(-c2ccc(-c3ccc(N=C(N)c4cccs4)cc3)cc2)[nH]1. The summed E-state index contributed by atoms with van der Waals surface area (Å²) in [4.78, 5) is 24.8. The molecule has 4 aromatic rings. The number of ether oxygens (including phenoxy) is 1. The zero-order valence-electron chi connectivity index (χ0n) is 19.7. The minimum absolute atomic E-state index is 0.383. The number of nitrogens with zero attached hydrogens (tertiary/aromatic N) is 2. The van der Waals surface area contributed by atoms with Crippen LogP contribution < -0.4 is 11.1 Å². The lowest BCUT2D eigenvalue weighted by Crippen LogP contribution is -2.27. The van der Waals surface area contributed by atoms with Crippen molar-refractivity contribution in [3.63, 3.8) is 0 Å². The molecule has 35 heavy (non-hydrogen) atoms. The van der Waals surface area contributed by atoms with Gasteiger partial charge in [0.05, 0.1) is 29.1 Å². The molecule has 0 radical (unpaired) electrons. The van der Waals surface area contributed by atoms with Gasteiger partial charge in [0.2, 0.25) is 0 Å². The molecule has 1 amide bonds. The number of benzene rings is 2. The van der Waals surface area contributed by atoms with Crippen LogP contribution in [0, 0.1) is 0 Å². The van der Waals surface area contributed by atoms with Gasteiger partial charge in [0, 0.05) is 13.0 Å². The summed E-state index contributed by atoms with van der Waals surface area (Å²) < 4.78 is 5.09. The molecular weight excluding hydrogens is 458 g/mol. The molecule has 0 atom stereocenters. The van der Waals surface area contributed by atoms with Crippen molar-refractivity contribution in [2.45, 2.75) is 26.2 Å². The van der Waals surface area contributed by atoms with Crippen molar-refractivity contribution in [3.05, 3.63) is 82.9 Å². The summed E-state index contributed by atoms with van der Waals surface area (Å²) >= 11 is 1.57. The number of thiophene rings is 1. The van der Waals surface area contributed by atoms with E-state index in [1.165, 1.54) is 0 Å². The number of carbonyl (C=O) groups is 1. The van der Waals surface area contributed by atoms with Crippen molar-refractivity contribution in [3.8, 4) is 22.4 Å². The van der Waals surface area contributed by atoms with Crippen LogP contribution in [0.2, 0.25) is 0 Å². The highest BCUT2D eigenvalue weighted by Gasteiger charge is 2.07. The summed E-state index contributed by atoms with van der Waals surface area (Å²) in [6.07, 6.45) is 3.91. The Bertz CT molecular complexity index is 1250.